The van der Waals surface area contributed by atoms with E-state index in [-0.39, 0.29) is 49.8 Å². The Morgan fingerprint density at radius 1 is 0.831 bits per heavy atom. The summed E-state index contributed by atoms with van der Waals surface area (Å²) >= 11 is 0. The molecule has 0 spiro atoms. The summed E-state index contributed by atoms with van der Waals surface area (Å²) in [6, 6.07) is -1.24. The number of cyclic esters (lactones) is 1. The van der Waals surface area contributed by atoms with Gasteiger partial charge in [0.2, 0.25) is 5.79 Å². The van der Waals surface area contributed by atoms with Gasteiger partial charge in [-0.2, -0.15) is 0 Å². The number of carbonyl (C=O) groups is 7. The van der Waals surface area contributed by atoms with Crippen LogP contribution < -0.4 is 0 Å². The molecule has 2 saturated heterocycles. The lowest BCUT2D eigenvalue weighted by Gasteiger charge is -2.47. The normalized spacial score (nSPS) is 37.0. The Hall–Kier alpha value is -4.25. The van der Waals surface area contributed by atoms with E-state index in [1.165, 1.54) is 35.0 Å². The molecule has 4 aliphatic rings. The number of hydrogen-bond donors (Lipinski definition) is 1. The van der Waals surface area contributed by atoms with Gasteiger partial charge in [0.25, 0.3) is 11.7 Å². The van der Waals surface area contributed by atoms with Crippen LogP contribution in [0.4, 0.5) is 0 Å². The van der Waals surface area contributed by atoms with Crippen molar-refractivity contribution in [2.75, 3.05) is 20.8 Å². The zero-order chi connectivity index (χ0) is 48.3. The molecule has 3 heterocycles. The van der Waals surface area contributed by atoms with E-state index < -0.39 is 108 Å². The molecule has 16 heteroatoms. The highest BCUT2D eigenvalue weighted by Gasteiger charge is 2.56. The van der Waals surface area contributed by atoms with Crippen LogP contribution in [-0.4, -0.2) is 127 Å². The number of nitrogens with zero attached hydrogens (tertiary/aromatic N) is 1. The standard InChI is InChI=1S/C49H73NO15/c1-12-15-36-21-27(2)20-28(3)22-42(59-10)45-43(60-11)24-30(5)49(58,65-45)46(55)47(56)50-19-14-13-16-37(50)48(57)64-44(31(6)40(26-38(36)54)62-33(8)52)29(4)23-35-17-18-39(61-32(7)51)41(25-35)63-34(9)53/h12,21,23,28,30-31,35-37,39-45,58H,1,13-20,22,24-26H2,2-11H3/b27-21+,29-23+/t28?,30-,31-,35+,36-,37+,39-,40+,41-,42+,43+,44-,45-,49-/m1/s1. The van der Waals surface area contributed by atoms with Crippen LogP contribution in [0, 0.1) is 29.6 Å². The third kappa shape index (κ3) is 13.9. The van der Waals surface area contributed by atoms with E-state index in [4.69, 9.17) is 33.2 Å². The van der Waals surface area contributed by atoms with E-state index in [2.05, 4.69) is 6.58 Å². The van der Waals surface area contributed by atoms with E-state index in [9.17, 15) is 38.7 Å². The van der Waals surface area contributed by atoms with Crippen LogP contribution in [0.1, 0.15) is 126 Å². The largest absolute Gasteiger partial charge is 0.462 e. The number of esters is 4. The molecule has 4 rings (SSSR count). The van der Waals surface area contributed by atoms with E-state index in [1.54, 1.807) is 26.8 Å². The first kappa shape index (κ1) is 53.4. The lowest BCUT2D eigenvalue weighted by Crippen LogP contribution is -2.64. The average molecular weight is 916 g/mol. The summed E-state index contributed by atoms with van der Waals surface area (Å²) in [5.74, 6) is -10.2. The van der Waals surface area contributed by atoms with Crippen LogP contribution in [0.5, 0.6) is 0 Å². The van der Waals surface area contributed by atoms with Crippen molar-refractivity contribution in [3.8, 4) is 0 Å². The quantitative estimate of drug-likeness (QED) is 0.127. The monoisotopic (exact) mass is 915 g/mol. The van der Waals surface area contributed by atoms with E-state index in [1.807, 2.05) is 26.0 Å². The van der Waals surface area contributed by atoms with Crippen molar-refractivity contribution in [2.45, 2.75) is 181 Å². The predicted octanol–water partition coefficient (Wildman–Crippen LogP) is 5.70. The lowest BCUT2D eigenvalue weighted by atomic mass is 9.81. The summed E-state index contributed by atoms with van der Waals surface area (Å²) in [6.45, 7) is 16.7. The first-order valence-corrected chi connectivity index (χ1v) is 23.2. The molecule has 1 N–H and O–H groups in total. The molecule has 3 aliphatic heterocycles. The number of fused-ring (bicyclic) bond motifs is 3. The number of allylic oxidation sites excluding steroid dienone is 4. The van der Waals surface area contributed by atoms with Gasteiger partial charge < -0.3 is 43.2 Å². The van der Waals surface area contributed by atoms with Crippen LogP contribution in [0.15, 0.2) is 36.0 Å². The summed E-state index contributed by atoms with van der Waals surface area (Å²) in [5.41, 5.74) is 1.45. The minimum atomic E-state index is -2.57. The van der Waals surface area contributed by atoms with Crippen molar-refractivity contribution in [3.63, 3.8) is 0 Å². The molecule has 3 fully saturated rings. The molecule has 16 nitrogen and oxygen atoms in total. The van der Waals surface area contributed by atoms with Crippen molar-refractivity contribution in [3.05, 3.63) is 36.0 Å². The van der Waals surface area contributed by atoms with Crippen LogP contribution >= 0.6 is 0 Å². The number of ketones is 2. The van der Waals surface area contributed by atoms with Crippen molar-refractivity contribution in [1.82, 2.24) is 4.90 Å². The third-order valence-electron chi connectivity index (χ3n) is 13.5. The Morgan fingerprint density at radius 2 is 1.45 bits per heavy atom. The molecule has 2 bridgehead atoms. The number of Topliss-reactive ketones (excluding diaryl/α,β-unsaturated/α-hetero) is 2. The topological polar surface area (TPSA) is 208 Å². The molecule has 364 valence electrons. The van der Waals surface area contributed by atoms with Gasteiger partial charge in [-0.1, -0.05) is 44.6 Å². The number of amides is 1. The highest BCUT2D eigenvalue weighted by atomic mass is 16.7. The Morgan fingerprint density at radius 3 is 2.06 bits per heavy atom. The van der Waals surface area contributed by atoms with Gasteiger partial charge in [0, 0.05) is 65.7 Å². The van der Waals surface area contributed by atoms with E-state index in [0.29, 0.717) is 50.5 Å². The Bertz CT molecular complexity index is 1810. The van der Waals surface area contributed by atoms with Crippen LogP contribution in [-0.2, 0) is 66.7 Å². The first-order chi connectivity index (χ1) is 30.6. The van der Waals surface area contributed by atoms with Crippen LogP contribution in [0.25, 0.3) is 0 Å². The van der Waals surface area contributed by atoms with E-state index >= 15 is 0 Å². The van der Waals surface area contributed by atoms with E-state index in [0.717, 1.165) is 10.5 Å². The molecule has 1 unspecified atom stereocenters. The molecule has 1 saturated carbocycles. The fraction of sp³-hybridized carbons (Fsp3) is 0.735. The number of methoxy groups -OCH3 is 2. The third-order valence-corrected chi connectivity index (χ3v) is 13.5. The second kappa shape index (κ2) is 24.0. The molecule has 0 radical (unpaired) electrons. The molecule has 14 atom stereocenters. The van der Waals surface area contributed by atoms with Gasteiger partial charge in [0.15, 0.2) is 0 Å². The number of rotatable bonds is 9. The van der Waals surface area contributed by atoms with Gasteiger partial charge in [0.1, 0.15) is 42.3 Å². The van der Waals surface area contributed by atoms with Crippen molar-refractivity contribution in [1.29, 1.82) is 0 Å². The number of hydrogen-bond acceptors (Lipinski definition) is 15. The maximum atomic E-state index is 14.6. The van der Waals surface area contributed by atoms with Gasteiger partial charge in [-0.3, -0.25) is 28.8 Å². The van der Waals surface area contributed by atoms with Crippen molar-refractivity contribution < 1.29 is 71.8 Å². The molecular formula is C49H73NO15. The van der Waals surface area contributed by atoms with Crippen LogP contribution in [0.2, 0.25) is 0 Å². The minimum absolute atomic E-state index is 0.0247. The molecular weight excluding hydrogens is 843 g/mol. The highest BCUT2D eigenvalue weighted by molar-refractivity contribution is 6.39. The highest BCUT2D eigenvalue weighted by Crippen LogP contribution is 2.39. The van der Waals surface area contributed by atoms with Gasteiger partial charge in [-0.25, -0.2) is 4.79 Å². The summed E-state index contributed by atoms with van der Waals surface area (Å²) in [6.07, 6.45) is 3.22. The maximum Gasteiger partial charge on any atom is 0.329 e. The molecule has 0 aromatic rings. The van der Waals surface area contributed by atoms with Crippen LogP contribution in [0.3, 0.4) is 0 Å². The molecule has 0 aromatic carbocycles. The minimum Gasteiger partial charge on any atom is -0.462 e. The lowest BCUT2D eigenvalue weighted by molar-refractivity contribution is -0.302. The fourth-order valence-corrected chi connectivity index (χ4v) is 10.2. The fourth-order valence-electron chi connectivity index (χ4n) is 10.2. The van der Waals surface area contributed by atoms with Crippen molar-refractivity contribution >= 4 is 41.4 Å². The molecule has 1 aliphatic carbocycles. The van der Waals surface area contributed by atoms with Gasteiger partial charge in [-0.15, -0.1) is 6.58 Å². The Labute approximate surface area is 384 Å². The van der Waals surface area contributed by atoms with Gasteiger partial charge >= 0.3 is 23.9 Å². The summed E-state index contributed by atoms with van der Waals surface area (Å²) in [4.78, 5) is 95.6. The average Bonchev–Trinajstić information content (AvgIpc) is 3.24. The zero-order valence-electron chi connectivity index (χ0n) is 40.0. The summed E-state index contributed by atoms with van der Waals surface area (Å²) in [5, 5.41) is 12.1. The van der Waals surface area contributed by atoms with Crippen molar-refractivity contribution in [2.24, 2.45) is 29.6 Å². The first-order valence-electron chi connectivity index (χ1n) is 23.2. The van der Waals surface area contributed by atoms with Gasteiger partial charge in [-0.05, 0) is 95.5 Å². The summed E-state index contributed by atoms with van der Waals surface area (Å²) < 4.78 is 41.4. The predicted molar refractivity (Wildman–Crippen MR) is 236 cm³/mol. The number of piperidine rings is 1. The molecule has 0 aromatic heterocycles. The number of ether oxygens (including phenoxy) is 7. The number of carbonyl (C=O) groups excluding carboxylic acids is 7. The van der Waals surface area contributed by atoms with Gasteiger partial charge in [0.05, 0.1) is 12.2 Å². The second-order valence-electron chi connectivity index (χ2n) is 18.8. The Kier molecular flexibility index (Phi) is 19.7. The SMILES string of the molecule is C=CC[C@@H]1/C=C(\C)CC(C)C[C@H](OC)[C@H]2O[C@@](O)(C(=O)C(=O)N3CCCC[C@H]3C(=O)O[C@H](/C(C)=C/[C@@H]3CC[C@@H](OC(C)=O)[C@H](OC(C)=O)C3)[C@H](C)[C@@H](OC(C)=O)CC1=O)[C@H](C)C[C@@H]2OC. The second-order valence-corrected chi connectivity index (χ2v) is 18.8. The zero-order valence-corrected chi connectivity index (χ0v) is 40.0. The summed E-state index contributed by atoms with van der Waals surface area (Å²) in [7, 11) is 3.01. The Balaban J connectivity index is 1.84. The molecule has 65 heavy (non-hydrogen) atoms. The number of aliphatic hydroxyl groups is 1. The maximum absolute atomic E-state index is 14.6. The molecule has 1 amide bonds. The smallest absolute Gasteiger partial charge is 0.329 e.